The molecule has 0 aliphatic carbocycles. The molecule has 1 fully saturated rings. The topological polar surface area (TPSA) is 73.5 Å². The van der Waals surface area contributed by atoms with Crippen molar-refractivity contribution in [2.24, 2.45) is 0 Å². The maximum absolute atomic E-state index is 10.4. The molecule has 2 aromatic heterocycles. The summed E-state index contributed by atoms with van der Waals surface area (Å²) < 4.78 is 2.08. The molecule has 1 saturated heterocycles. The molecule has 156 valence electrons. The second kappa shape index (κ2) is 8.45. The van der Waals surface area contributed by atoms with Crippen molar-refractivity contribution in [1.29, 1.82) is 0 Å². The van der Waals surface area contributed by atoms with E-state index in [1.807, 2.05) is 43.3 Å². The Morgan fingerprint density at radius 3 is 2.60 bits per heavy atom. The van der Waals surface area contributed by atoms with Crippen molar-refractivity contribution in [2.75, 3.05) is 13.2 Å². The van der Waals surface area contributed by atoms with Crippen LogP contribution in [0.4, 0.5) is 0 Å². The molecular weight excluding hydrogens is 396 g/mol. The minimum absolute atomic E-state index is 0.0650. The molecule has 0 bridgehead atoms. The van der Waals surface area contributed by atoms with Gasteiger partial charge < -0.3 is 25.0 Å². The predicted octanol–water partition coefficient (Wildman–Crippen LogP) is 3.55. The number of hydrogen-bond acceptors (Lipinski definition) is 4. The van der Waals surface area contributed by atoms with Crippen LogP contribution in [0.5, 0.6) is 5.75 Å². The van der Waals surface area contributed by atoms with Crippen molar-refractivity contribution >= 4 is 17.3 Å². The van der Waals surface area contributed by atoms with Gasteiger partial charge in [-0.05, 0) is 68.4 Å². The number of aliphatic hydroxyl groups is 1. The lowest BCUT2D eigenvalue weighted by Gasteiger charge is -2.28. The molecular formula is C23H26N4O2S. The fraction of sp³-hybridized carbons (Fsp3) is 0.304. The van der Waals surface area contributed by atoms with E-state index in [1.54, 1.807) is 12.3 Å². The van der Waals surface area contributed by atoms with Gasteiger partial charge in [0.1, 0.15) is 5.75 Å². The van der Waals surface area contributed by atoms with Crippen LogP contribution < -0.4 is 5.32 Å². The molecule has 1 aliphatic rings. The van der Waals surface area contributed by atoms with Gasteiger partial charge in [0.15, 0.2) is 5.11 Å². The highest BCUT2D eigenvalue weighted by Gasteiger charge is 2.41. The van der Waals surface area contributed by atoms with Gasteiger partial charge in [0.25, 0.3) is 0 Å². The number of para-hydroxylation sites is 2. The quantitative estimate of drug-likeness (QED) is 0.528. The van der Waals surface area contributed by atoms with Crippen LogP contribution in [0.1, 0.15) is 41.1 Å². The largest absolute Gasteiger partial charge is 0.506 e. The molecule has 3 N–H and O–H groups in total. The summed E-state index contributed by atoms with van der Waals surface area (Å²) in [6.45, 7) is 4.86. The van der Waals surface area contributed by atoms with Gasteiger partial charge in [0.05, 0.1) is 23.5 Å². The zero-order valence-electron chi connectivity index (χ0n) is 17.1. The first-order chi connectivity index (χ1) is 14.5. The number of nitrogens with one attached hydrogen (secondary N) is 1. The smallest absolute Gasteiger partial charge is 0.170 e. The fourth-order valence-electron chi connectivity index (χ4n) is 4.34. The normalized spacial score (nSPS) is 18.6. The second-order valence-electron chi connectivity index (χ2n) is 7.55. The first kappa shape index (κ1) is 20.4. The van der Waals surface area contributed by atoms with Crippen molar-refractivity contribution in [3.05, 3.63) is 77.4 Å². The summed E-state index contributed by atoms with van der Waals surface area (Å²) in [5.41, 5.74) is 4.87. The number of phenols is 1. The van der Waals surface area contributed by atoms with Gasteiger partial charge in [0.2, 0.25) is 0 Å². The van der Waals surface area contributed by atoms with E-state index < -0.39 is 0 Å². The molecule has 4 rings (SSSR count). The monoisotopic (exact) mass is 422 g/mol. The zero-order valence-corrected chi connectivity index (χ0v) is 17.9. The number of nitrogens with zero attached hydrogens (tertiary/aromatic N) is 3. The lowest BCUT2D eigenvalue weighted by Crippen LogP contribution is -2.31. The molecule has 1 aliphatic heterocycles. The third kappa shape index (κ3) is 3.55. The number of benzene rings is 1. The molecule has 0 spiro atoms. The molecule has 6 nitrogen and oxygen atoms in total. The average Bonchev–Trinajstić information content (AvgIpc) is 3.23. The summed E-state index contributed by atoms with van der Waals surface area (Å²) in [6.07, 6.45) is 2.42. The summed E-state index contributed by atoms with van der Waals surface area (Å²) in [5.74, 6) is 0.240. The van der Waals surface area contributed by atoms with Crippen LogP contribution in [0.25, 0.3) is 5.69 Å². The molecule has 0 unspecified atom stereocenters. The Morgan fingerprint density at radius 2 is 1.90 bits per heavy atom. The number of pyridine rings is 1. The summed E-state index contributed by atoms with van der Waals surface area (Å²) in [6, 6.07) is 15.2. The van der Waals surface area contributed by atoms with E-state index in [0.29, 0.717) is 18.1 Å². The van der Waals surface area contributed by atoms with E-state index in [9.17, 15) is 10.2 Å². The first-order valence-corrected chi connectivity index (χ1v) is 10.5. The molecule has 0 amide bonds. The van der Waals surface area contributed by atoms with Crippen molar-refractivity contribution in [3.63, 3.8) is 0 Å². The lowest BCUT2D eigenvalue weighted by molar-refractivity contribution is 0.247. The Bertz CT molecular complexity index is 1050. The second-order valence-corrected chi connectivity index (χ2v) is 7.93. The van der Waals surface area contributed by atoms with Crippen LogP contribution in [0.15, 0.2) is 54.7 Å². The van der Waals surface area contributed by atoms with Crippen LogP contribution in [0.2, 0.25) is 0 Å². The number of phenolic OH excluding ortho intramolecular Hbond substituents is 1. The SMILES string of the molecule is Cc1cc([C@@H]2[C@@H](c3ccccn3)NC(=S)N2CCCO)c(C)n1-c1ccccc1O. The number of hydrogen-bond donors (Lipinski definition) is 3. The highest BCUT2D eigenvalue weighted by atomic mass is 32.1. The van der Waals surface area contributed by atoms with Gasteiger partial charge >= 0.3 is 0 Å². The lowest BCUT2D eigenvalue weighted by atomic mass is 9.96. The number of rotatable bonds is 6. The van der Waals surface area contributed by atoms with E-state index in [4.69, 9.17) is 12.2 Å². The molecule has 3 aromatic rings. The molecule has 30 heavy (non-hydrogen) atoms. The number of aliphatic hydroxyl groups excluding tert-OH is 1. The van der Waals surface area contributed by atoms with Crippen LogP contribution in [-0.2, 0) is 0 Å². The Morgan fingerprint density at radius 1 is 1.13 bits per heavy atom. The molecule has 7 heteroatoms. The van der Waals surface area contributed by atoms with Crippen molar-refractivity contribution in [2.45, 2.75) is 32.4 Å². The maximum atomic E-state index is 10.4. The molecule has 2 atom stereocenters. The molecule has 0 saturated carbocycles. The van der Waals surface area contributed by atoms with Crippen molar-refractivity contribution < 1.29 is 10.2 Å². The van der Waals surface area contributed by atoms with Crippen LogP contribution in [0, 0.1) is 13.8 Å². The van der Waals surface area contributed by atoms with Gasteiger partial charge in [-0.15, -0.1) is 0 Å². The van der Waals surface area contributed by atoms with E-state index in [2.05, 4.69) is 32.8 Å². The summed E-state index contributed by atoms with van der Waals surface area (Å²) in [7, 11) is 0. The van der Waals surface area contributed by atoms with Gasteiger partial charge in [-0.1, -0.05) is 18.2 Å². The number of aryl methyl sites for hydroxylation is 1. The third-order valence-electron chi connectivity index (χ3n) is 5.67. The standard InChI is InChI=1S/C23H26N4O2S/c1-15-14-17(16(2)27(15)19-9-3-4-10-20(19)29)22-21(18-8-5-6-11-24-18)25-23(30)26(22)12-7-13-28/h3-6,8-11,14,21-22,28-29H,7,12-13H2,1-2H3,(H,25,30)/t21-,22-/m1/s1. The van der Waals surface area contributed by atoms with E-state index in [-0.39, 0.29) is 24.4 Å². The zero-order chi connectivity index (χ0) is 21.3. The number of thiocarbonyl (C=S) groups is 1. The molecule has 1 aromatic carbocycles. The maximum Gasteiger partial charge on any atom is 0.170 e. The van der Waals surface area contributed by atoms with E-state index >= 15 is 0 Å². The number of aromatic hydroxyl groups is 1. The summed E-state index contributed by atoms with van der Waals surface area (Å²) in [5, 5.41) is 23.9. The summed E-state index contributed by atoms with van der Waals surface area (Å²) >= 11 is 5.66. The highest BCUT2D eigenvalue weighted by molar-refractivity contribution is 7.80. The van der Waals surface area contributed by atoms with Gasteiger partial charge in [0, 0.05) is 30.7 Å². The molecule has 3 heterocycles. The van der Waals surface area contributed by atoms with Crippen molar-refractivity contribution in [3.8, 4) is 11.4 Å². The third-order valence-corrected chi connectivity index (χ3v) is 6.02. The Hall–Kier alpha value is -2.90. The summed E-state index contributed by atoms with van der Waals surface area (Å²) in [4.78, 5) is 6.71. The highest BCUT2D eigenvalue weighted by Crippen LogP contribution is 2.41. The Kier molecular flexibility index (Phi) is 5.74. The molecule has 0 radical (unpaired) electrons. The van der Waals surface area contributed by atoms with Gasteiger partial charge in [-0.3, -0.25) is 4.98 Å². The van der Waals surface area contributed by atoms with Crippen LogP contribution in [-0.4, -0.2) is 42.9 Å². The number of aromatic nitrogens is 2. The van der Waals surface area contributed by atoms with E-state index in [1.165, 1.54) is 0 Å². The van der Waals surface area contributed by atoms with Crippen LogP contribution >= 0.6 is 12.2 Å². The first-order valence-electron chi connectivity index (χ1n) is 10.1. The predicted molar refractivity (Wildman–Crippen MR) is 121 cm³/mol. The Balaban J connectivity index is 1.83. The van der Waals surface area contributed by atoms with E-state index in [0.717, 1.165) is 28.3 Å². The minimum Gasteiger partial charge on any atom is -0.506 e. The van der Waals surface area contributed by atoms with Crippen molar-refractivity contribution in [1.82, 2.24) is 19.8 Å². The Labute approximate surface area is 181 Å². The minimum atomic E-state index is -0.101. The van der Waals surface area contributed by atoms with Gasteiger partial charge in [-0.2, -0.15) is 0 Å². The average molecular weight is 423 g/mol. The van der Waals surface area contributed by atoms with Gasteiger partial charge in [-0.25, -0.2) is 0 Å². The van der Waals surface area contributed by atoms with Crippen LogP contribution in [0.3, 0.4) is 0 Å². The fourth-order valence-corrected chi connectivity index (χ4v) is 4.67.